The van der Waals surface area contributed by atoms with Gasteiger partial charge in [0, 0.05) is 0 Å². The molecule has 0 amide bonds. The van der Waals surface area contributed by atoms with E-state index < -0.39 is 12.2 Å². The Hall–Kier alpha value is -1.22. The minimum atomic E-state index is -0.543. The average Bonchev–Trinajstić information content (AvgIpc) is 2.43. The third kappa shape index (κ3) is 13.2. The van der Waals surface area contributed by atoms with Crippen molar-refractivity contribution < 1.29 is 10.2 Å². The van der Waals surface area contributed by atoms with Crippen LogP contribution in [0.4, 0.5) is 0 Å². The van der Waals surface area contributed by atoms with Crippen LogP contribution in [-0.2, 0) is 0 Å². The molecule has 2 nitrogen and oxygen atoms in total. The number of aliphatic hydroxyl groups excluding tert-OH is 2. The molecule has 2 unspecified atom stereocenters. The second-order valence-corrected chi connectivity index (χ2v) is 4.93. The summed E-state index contributed by atoms with van der Waals surface area (Å²) in [7, 11) is 0. The van der Waals surface area contributed by atoms with E-state index in [1.807, 2.05) is 0 Å². The highest BCUT2D eigenvalue weighted by Gasteiger charge is 1.97. The lowest BCUT2D eigenvalue weighted by Gasteiger charge is -2.00. The van der Waals surface area contributed by atoms with Gasteiger partial charge < -0.3 is 10.2 Å². The summed E-state index contributed by atoms with van der Waals surface area (Å²) in [4.78, 5) is 0. The molecule has 0 bridgehead atoms. The normalized spacial score (nSPS) is 13.2. The van der Waals surface area contributed by atoms with E-state index in [1.165, 1.54) is 0 Å². The van der Waals surface area contributed by atoms with E-state index in [-0.39, 0.29) is 0 Å². The minimum absolute atomic E-state index is 0.543. The quantitative estimate of drug-likeness (QED) is 0.527. The Bertz CT molecular complexity index is 326. The highest BCUT2D eigenvalue weighted by Crippen LogP contribution is 2.02. The zero-order valence-corrected chi connectivity index (χ0v) is 12.9. The topological polar surface area (TPSA) is 40.5 Å². The number of hydrogen-bond acceptors (Lipinski definition) is 2. The smallest absolute Gasteiger partial charge is 0.115 e. The summed E-state index contributed by atoms with van der Waals surface area (Å²) in [6.45, 7) is 4.27. The van der Waals surface area contributed by atoms with Crippen LogP contribution in [0.5, 0.6) is 0 Å². The zero-order chi connectivity index (χ0) is 15.1. The van der Waals surface area contributed by atoms with E-state index in [4.69, 9.17) is 0 Å². The lowest BCUT2D eigenvalue weighted by atomic mass is 10.1. The van der Waals surface area contributed by atoms with Crippen molar-refractivity contribution in [1.82, 2.24) is 0 Å². The molecule has 0 fully saturated rings. The summed E-state index contributed by atoms with van der Waals surface area (Å²) >= 11 is 0. The Morgan fingerprint density at radius 3 is 1.50 bits per heavy atom. The molecule has 0 rings (SSSR count). The number of unbranched alkanes of at least 4 members (excludes halogenated alkanes) is 4. The molecular formula is C18H28O2. The molecule has 2 N–H and O–H groups in total. The highest BCUT2D eigenvalue weighted by molar-refractivity contribution is 5.26. The van der Waals surface area contributed by atoms with Crippen molar-refractivity contribution in [2.75, 3.05) is 0 Å². The summed E-state index contributed by atoms with van der Waals surface area (Å²) in [5, 5.41) is 19.1. The number of hydrogen-bond donors (Lipinski definition) is 2. The largest absolute Gasteiger partial charge is 0.380 e. The lowest BCUT2D eigenvalue weighted by molar-refractivity contribution is 0.217. The Labute approximate surface area is 124 Å². The SMILES string of the molecule is CCCCCC(O)C#C/C=C/C#CC(O)CCCCC. The monoisotopic (exact) mass is 276 g/mol. The van der Waals surface area contributed by atoms with Gasteiger partial charge in [0.05, 0.1) is 0 Å². The molecular weight excluding hydrogens is 248 g/mol. The van der Waals surface area contributed by atoms with Crippen LogP contribution in [0.15, 0.2) is 12.2 Å². The third-order valence-corrected chi connectivity index (χ3v) is 2.91. The van der Waals surface area contributed by atoms with Gasteiger partial charge in [-0.1, -0.05) is 63.2 Å². The summed E-state index contributed by atoms with van der Waals surface area (Å²) in [6, 6.07) is 0. The van der Waals surface area contributed by atoms with E-state index in [9.17, 15) is 10.2 Å². The molecule has 2 heteroatoms. The fourth-order valence-corrected chi connectivity index (χ4v) is 1.69. The molecule has 0 aromatic carbocycles. The predicted octanol–water partition coefficient (Wildman–Crippen LogP) is 3.43. The zero-order valence-electron chi connectivity index (χ0n) is 12.9. The van der Waals surface area contributed by atoms with Crippen molar-refractivity contribution in [1.29, 1.82) is 0 Å². The second-order valence-electron chi connectivity index (χ2n) is 4.93. The number of rotatable bonds is 8. The second kappa shape index (κ2) is 14.2. The van der Waals surface area contributed by atoms with Crippen molar-refractivity contribution in [3.05, 3.63) is 12.2 Å². The van der Waals surface area contributed by atoms with Gasteiger partial charge in [0.15, 0.2) is 0 Å². The van der Waals surface area contributed by atoms with Crippen LogP contribution in [0.25, 0.3) is 0 Å². The first kappa shape index (κ1) is 18.8. The molecule has 0 aliphatic carbocycles. The van der Waals surface area contributed by atoms with Gasteiger partial charge in [-0.25, -0.2) is 0 Å². The molecule has 0 heterocycles. The highest BCUT2D eigenvalue weighted by atomic mass is 16.3. The van der Waals surface area contributed by atoms with Gasteiger partial charge in [0.1, 0.15) is 12.2 Å². The Kier molecular flexibility index (Phi) is 13.3. The van der Waals surface area contributed by atoms with Crippen LogP contribution >= 0.6 is 0 Å². The maximum atomic E-state index is 9.56. The summed E-state index contributed by atoms with van der Waals surface area (Å²) in [6.07, 6.45) is 10.2. The summed E-state index contributed by atoms with van der Waals surface area (Å²) < 4.78 is 0. The van der Waals surface area contributed by atoms with Gasteiger partial charge in [0.25, 0.3) is 0 Å². The van der Waals surface area contributed by atoms with Crippen molar-refractivity contribution in [3.63, 3.8) is 0 Å². The van der Waals surface area contributed by atoms with Crippen molar-refractivity contribution in [2.45, 2.75) is 77.4 Å². The number of aliphatic hydroxyl groups is 2. The van der Waals surface area contributed by atoms with Gasteiger partial charge in [-0.05, 0) is 37.8 Å². The van der Waals surface area contributed by atoms with Gasteiger partial charge in [0.2, 0.25) is 0 Å². The lowest BCUT2D eigenvalue weighted by Crippen LogP contribution is -2.01. The fourth-order valence-electron chi connectivity index (χ4n) is 1.69. The van der Waals surface area contributed by atoms with Crippen molar-refractivity contribution in [2.24, 2.45) is 0 Å². The summed E-state index contributed by atoms with van der Waals surface area (Å²) in [5.74, 6) is 11.1. The molecule has 2 atom stereocenters. The molecule has 0 aromatic rings. The molecule has 0 saturated carbocycles. The molecule has 0 radical (unpaired) electrons. The van der Waals surface area contributed by atoms with Gasteiger partial charge >= 0.3 is 0 Å². The fraction of sp³-hybridized carbons (Fsp3) is 0.667. The Morgan fingerprint density at radius 1 is 0.750 bits per heavy atom. The molecule has 0 aromatic heterocycles. The van der Waals surface area contributed by atoms with Crippen LogP contribution in [0, 0.1) is 23.7 Å². The maximum absolute atomic E-state index is 9.56. The number of allylic oxidation sites excluding steroid dienone is 2. The van der Waals surface area contributed by atoms with Crippen LogP contribution < -0.4 is 0 Å². The summed E-state index contributed by atoms with van der Waals surface area (Å²) in [5.41, 5.74) is 0. The Balaban J connectivity index is 3.85. The molecule has 0 aliphatic rings. The van der Waals surface area contributed by atoms with Crippen LogP contribution in [0.3, 0.4) is 0 Å². The molecule has 0 saturated heterocycles. The standard InChI is InChI=1S/C18H28O2/c1-3-5-9-13-17(19)15-11-7-8-12-16-18(20)14-10-6-4-2/h7-8,17-20H,3-6,9-10,13-14H2,1-2H3/b8-7+. The maximum Gasteiger partial charge on any atom is 0.115 e. The predicted molar refractivity (Wildman–Crippen MR) is 85.0 cm³/mol. The average molecular weight is 276 g/mol. The van der Waals surface area contributed by atoms with Gasteiger partial charge in [-0.15, -0.1) is 0 Å². The Morgan fingerprint density at radius 2 is 1.15 bits per heavy atom. The molecule has 0 spiro atoms. The van der Waals surface area contributed by atoms with Crippen LogP contribution in [-0.4, -0.2) is 22.4 Å². The third-order valence-electron chi connectivity index (χ3n) is 2.91. The first-order valence-electron chi connectivity index (χ1n) is 7.74. The van der Waals surface area contributed by atoms with Crippen LogP contribution in [0.1, 0.15) is 65.2 Å². The first-order valence-corrected chi connectivity index (χ1v) is 7.74. The molecule has 112 valence electrons. The van der Waals surface area contributed by atoms with E-state index in [2.05, 4.69) is 37.5 Å². The van der Waals surface area contributed by atoms with Crippen molar-refractivity contribution in [3.8, 4) is 23.7 Å². The van der Waals surface area contributed by atoms with E-state index in [0.717, 1.165) is 51.4 Å². The van der Waals surface area contributed by atoms with Crippen molar-refractivity contribution >= 4 is 0 Å². The molecule has 0 aliphatic heterocycles. The van der Waals surface area contributed by atoms with Gasteiger partial charge in [-0.3, -0.25) is 0 Å². The van der Waals surface area contributed by atoms with Gasteiger partial charge in [-0.2, -0.15) is 0 Å². The van der Waals surface area contributed by atoms with E-state index in [1.54, 1.807) is 12.2 Å². The first-order chi connectivity index (χ1) is 9.70. The molecule has 20 heavy (non-hydrogen) atoms. The van der Waals surface area contributed by atoms with E-state index in [0.29, 0.717) is 0 Å². The minimum Gasteiger partial charge on any atom is -0.380 e. The van der Waals surface area contributed by atoms with E-state index >= 15 is 0 Å². The van der Waals surface area contributed by atoms with Crippen LogP contribution in [0.2, 0.25) is 0 Å².